The van der Waals surface area contributed by atoms with Crippen molar-refractivity contribution in [1.82, 2.24) is 9.29 Å². The zero-order chi connectivity index (χ0) is 15.0. The molecular weight excluding hydrogens is 310 g/mol. The van der Waals surface area contributed by atoms with Gasteiger partial charge in [-0.05, 0) is 23.8 Å². The van der Waals surface area contributed by atoms with Crippen molar-refractivity contribution in [3.63, 3.8) is 0 Å². The van der Waals surface area contributed by atoms with Crippen LogP contribution in [-0.4, -0.2) is 30.7 Å². The van der Waals surface area contributed by atoms with E-state index in [0.717, 1.165) is 5.01 Å². The maximum absolute atomic E-state index is 12.5. The topological polar surface area (TPSA) is 79.4 Å². The van der Waals surface area contributed by atoms with Crippen LogP contribution < -0.4 is 5.32 Å². The average molecular weight is 323 g/mol. The number of carbonyl (C=O) groups is 1. The van der Waals surface area contributed by atoms with Crippen molar-refractivity contribution in [3.8, 4) is 0 Å². The number of aromatic nitrogens is 1. The lowest BCUT2D eigenvalue weighted by molar-refractivity contribution is -0.115. The molecule has 0 aliphatic carbocycles. The summed E-state index contributed by atoms with van der Waals surface area (Å²) >= 11 is 1.41. The smallest absolute Gasteiger partial charge is 0.243 e. The number of nitrogens with one attached hydrogen (secondary N) is 1. The summed E-state index contributed by atoms with van der Waals surface area (Å²) < 4.78 is 26.3. The lowest BCUT2D eigenvalue weighted by Crippen LogP contribution is -2.26. The summed E-state index contributed by atoms with van der Waals surface area (Å²) in [6, 6.07) is 4.70. The number of benzene rings is 1. The average Bonchev–Trinajstić information content (AvgIpc) is 3.05. The second-order valence-electron chi connectivity index (χ2n) is 4.73. The van der Waals surface area contributed by atoms with Crippen molar-refractivity contribution in [2.24, 2.45) is 0 Å². The second-order valence-corrected chi connectivity index (χ2v) is 7.75. The fourth-order valence-electron chi connectivity index (χ4n) is 2.15. The van der Waals surface area contributed by atoms with Gasteiger partial charge in [-0.1, -0.05) is 0 Å². The number of anilines is 1. The van der Waals surface area contributed by atoms with Gasteiger partial charge in [-0.3, -0.25) is 4.79 Å². The number of fused-ring (bicyclic) bond motifs is 1. The number of carbonyl (C=O) groups excluding carboxylic acids is 1. The number of sulfonamides is 1. The van der Waals surface area contributed by atoms with Crippen molar-refractivity contribution in [3.05, 3.63) is 40.3 Å². The van der Waals surface area contributed by atoms with Crippen molar-refractivity contribution in [2.45, 2.75) is 17.9 Å². The molecule has 0 fully saturated rings. The quantitative estimate of drug-likeness (QED) is 0.924. The Balaban J connectivity index is 1.88. The molecule has 110 valence electrons. The van der Waals surface area contributed by atoms with Crippen LogP contribution in [0.4, 0.5) is 5.69 Å². The van der Waals surface area contributed by atoms with Crippen molar-refractivity contribution >= 4 is 33.0 Å². The van der Waals surface area contributed by atoms with Crippen LogP contribution in [0, 0.1) is 0 Å². The summed E-state index contributed by atoms with van der Waals surface area (Å²) in [4.78, 5) is 15.6. The predicted octanol–water partition coefficient (Wildman–Crippen LogP) is 1.46. The van der Waals surface area contributed by atoms with Gasteiger partial charge in [-0.25, -0.2) is 13.4 Å². The van der Waals surface area contributed by atoms with E-state index >= 15 is 0 Å². The third-order valence-corrected chi connectivity index (χ3v) is 5.82. The molecule has 0 saturated heterocycles. The Morgan fingerprint density at radius 2 is 2.24 bits per heavy atom. The van der Waals surface area contributed by atoms with E-state index in [1.54, 1.807) is 18.3 Å². The third-order valence-electron chi connectivity index (χ3n) is 3.25. The Kier molecular flexibility index (Phi) is 3.52. The largest absolute Gasteiger partial charge is 0.326 e. The highest BCUT2D eigenvalue weighted by Gasteiger charge is 2.25. The van der Waals surface area contributed by atoms with Crippen LogP contribution >= 0.6 is 11.3 Å². The van der Waals surface area contributed by atoms with Gasteiger partial charge in [0.15, 0.2) is 0 Å². The van der Waals surface area contributed by atoms with Crippen LogP contribution in [0.3, 0.4) is 0 Å². The Morgan fingerprint density at radius 3 is 2.95 bits per heavy atom. The maximum atomic E-state index is 12.5. The highest BCUT2D eigenvalue weighted by Crippen LogP contribution is 2.27. The van der Waals surface area contributed by atoms with Crippen molar-refractivity contribution in [1.29, 1.82) is 0 Å². The Bertz CT molecular complexity index is 785. The van der Waals surface area contributed by atoms with Gasteiger partial charge >= 0.3 is 0 Å². The lowest BCUT2D eigenvalue weighted by Gasteiger charge is -2.16. The number of hydrogen-bond acceptors (Lipinski definition) is 5. The maximum Gasteiger partial charge on any atom is 0.243 e. The first-order valence-electron chi connectivity index (χ1n) is 6.24. The number of thiazole rings is 1. The fraction of sp³-hybridized carbons (Fsp3) is 0.231. The van der Waals surface area contributed by atoms with Gasteiger partial charge in [0.25, 0.3) is 0 Å². The number of nitrogens with zero attached hydrogens (tertiary/aromatic N) is 2. The number of rotatable bonds is 4. The molecule has 1 aromatic heterocycles. The summed E-state index contributed by atoms with van der Waals surface area (Å²) in [6.07, 6.45) is 1.86. The van der Waals surface area contributed by atoms with Crippen molar-refractivity contribution in [2.75, 3.05) is 12.4 Å². The molecule has 0 atom stereocenters. The molecule has 1 aliphatic heterocycles. The molecule has 1 aliphatic rings. The molecule has 21 heavy (non-hydrogen) atoms. The summed E-state index contributed by atoms with van der Waals surface area (Å²) in [5.74, 6) is -0.115. The van der Waals surface area contributed by atoms with E-state index < -0.39 is 10.0 Å². The molecule has 1 N–H and O–H groups in total. The van der Waals surface area contributed by atoms with Crippen LogP contribution in [-0.2, 0) is 27.8 Å². The first kappa shape index (κ1) is 14.2. The molecule has 1 amide bonds. The van der Waals surface area contributed by atoms with Gasteiger partial charge in [0.1, 0.15) is 5.01 Å². The standard InChI is InChI=1S/C13H13N3O3S2/c1-16(8-13-14-4-5-20-13)21(18,19)10-2-3-11-9(6-10)7-12(17)15-11/h2-6H,7-8H2,1H3,(H,15,17). The monoisotopic (exact) mass is 323 g/mol. The van der Waals surface area contributed by atoms with E-state index in [4.69, 9.17) is 0 Å². The molecule has 6 nitrogen and oxygen atoms in total. The number of hydrogen-bond donors (Lipinski definition) is 1. The van der Waals surface area contributed by atoms with E-state index in [-0.39, 0.29) is 23.8 Å². The third kappa shape index (κ3) is 2.69. The Morgan fingerprint density at radius 1 is 1.43 bits per heavy atom. The van der Waals surface area contributed by atoms with E-state index in [9.17, 15) is 13.2 Å². The number of amides is 1. The molecule has 0 spiro atoms. The molecule has 0 unspecified atom stereocenters. The molecule has 3 rings (SSSR count). The molecule has 0 bridgehead atoms. The van der Waals surface area contributed by atoms with E-state index in [2.05, 4.69) is 10.3 Å². The minimum Gasteiger partial charge on any atom is -0.326 e. The zero-order valence-corrected chi connectivity index (χ0v) is 12.9. The molecule has 0 radical (unpaired) electrons. The highest BCUT2D eigenvalue weighted by atomic mass is 32.2. The van der Waals surface area contributed by atoms with Gasteiger partial charge in [0.05, 0.1) is 17.9 Å². The SMILES string of the molecule is CN(Cc1nccs1)S(=O)(=O)c1ccc2c(c1)CC(=O)N2. The van der Waals surface area contributed by atoms with E-state index in [1.807, 2.05) is 5.38 Å². The minimum atomic E-state index is -3.59. The van der Waals surface area contributed by atoms with Crippen molar-refractivity contribution < 1.29 is 13.2 Å². The summed E-state index contributed by atoms with van der Waals surface area (Å²) in [5, 5.41) is 5.23. The molecule has 2 aromatic rings. The predicted molar refractivity (Wildman–Crippen MR) is 79.5 cm³/mol. The van der Waals surface area contributed by atoms with Gasteiger partial charge < -0.3 is 5.32 Å². The molecule has 1 aromatic carbocycles. The second kappa shape index (κ2) is 5.21. The fourth-order valence-corrected chi connectivity index (χ4v) is 4.09. The zero-order valence-electron chi connectivity index (χ0n) is 11.2. The van der Waals surface area contributed by atoms with Crippen LogP contribution in [0.15, 0.2) is 34.7 Å². The minimum absolute atomic E-state index is 0.115. The van der Waals surface area contributed by atoms with Crippen LogP contribution in [0.2, 0.25) is 0 Å². The Labute approximate surface area is 126 Å². The summed E-state index contributed by atoms with van der Waals surface area (Å²) in [5.41, 5.74) is 1.39. The van der Waals surface area contributed by atoms with Crippen LogP contribution in [0.1, 0.15) is 10.6 Å². The molecule has 8 heteroatoms. The van der Waals surface area contributed by atoms with Crippen LogP contribution in [0.25, 0.3) is 0 Å². The molecule has 2 heterocycles. The summed E-state index contributed by atoms with van der Waals surface area (Å²) in [6.45, 7) is 0.230. The van der Waals surface area contributed by atoms with E-state index in [1.165, 1.54) is 28.8 Å². The van der Waals surface area contributed by atoms with Gasteiger partial charge in [0.2, 0.25) is 15.9 Å². The highest BCUT2D eigenvalue weighted by molar-refractivity contribution is 7.89. The normalized spacial score (nSPS) is 14.3. The van der Waals surface area contributed by atoms with Gasteiger partial charge in [0, 0.05) is 24.3 Å². The molecule has 0 saturated carbocycles. The summed E-state index contributed by atoms with van der Waals surface area (Å²) in [7, 11) is -2.07. The Hall–Kier alpha value is -1.77. The van der Waals surface area contributed by atoms with Gasteiger partial charge in [-0.15, -0.1) is 11.3 Å². The lowest BCUT2D eigenvalue weighted by atomic mass is 10.2. The van der Waals surface area contributed by atoms with Gasteiger partial charge in [-0.2, -0.15) is 4.31 Å². The molecular formula is C13H13N3O3S2. The van der Waals surface area contributed by atoms with Crippen LogP contribution in [0.5, 0.6) is 0 Å². The first-order valence-corrected chi connectivity index (χ1v) is 8.56. The van der Waals surface area contributed by atoms with E-state index in [0.29, 0.717) is 11.3 Å². The first-order chi connectivity index (χ1) is 9.96.